The highest BCUT2D eigenvalue weighted by atomic mass is 32.1. The number of nitrogens with one attached hydrogen (secondary N) is 1. The van der Waals surface area contributed by atoms with E-state index in [0.29, 0.717) is 41.5 Å². The molecule has 0 spiro atoms. The summed E-state index contributed by atoms with van der Waals surface area (Å²) in [5, 5.41) is 17.5. The number of likely N-dealkylation sites (tertiary alicyclic amines) is 1. The van der Waals surface area contributed by atoms with Crippen molar-refractivity contribution < 1.29 is 33.7 Å². The van der Waals surface area contributed by atoms with Crippen molar-refractivity contribution in [1.82, 2.24) is 20.2 Å². The van der Waals surface area contributed by atoms with Gasteiger partial charge in [-0.25, -0.2) is 14.8 Å². The molecule has 3 unspecified atom stereocenters. The van der Waals surface area contributed by atoms with Gasteiger partial charge in [-0.15, -0.1) is 24.5 Å². The van der Waals surface area contributed by atoms with Gasteiger partial charge in [0.1, 0.15) is 46.0 Å². The summed E-state index contributed by atoms with van der Waals surface area (Å²) in [5.41, 5.74) is 2.06. The molecular weight excluding hydrogens is 657 g/mol. The van der Waals surface area contributed by atoms with Crippen molar-refractivity contribution in [3.05, 3.63) is 60.1 Å². The molecule has 2 aromatic heterocycles. The van der Waals surface area contributed by atoms with Gasteiger partial charge in [-0.1, -0.05) is 25.0 Å². The van der Waals surface area contributed by atoms with Crippen molar-refractivity contribution in [2.75, 3.05) is 20.8 Å². The fourth-order valence-electron chi connectivity index (χ4n) is 6.94. The number of allylic oxidation sites excluding steroid dienone is 1. The summed E-state index contributed by atoms with van der Waals surface area (Å²) >= 11 is 1.54. The Labute approximate surface area is 296 Å². The number of carbonyl (C=O) groups is 3. The van der Waals surface area contributed by atoms with Crippen LogP contribution in [0.1, 0.15) is 75.0 Å². The molecule has 6 rings (SSSR count). The number of carbonyl (C=O) groups excluding carboxylic acids is 3. The molecule has 2 saturated carbocycles. The first-order chi connectivity index (χ1) is 24.1. The van der Waals surface area contributed by atoms with E-state index in [2.05, 4.69) is 23.9 Å². The molecular formula is C38H46N4O7S. The van der Waals surface area contributed by atoms with Crippen molar-refractivity contribution in [1.29, 1.82) is 0 Å². The van der Waals surface area contributed by atoms with Gasteiger partial charge in [0.2, 0.25) is 5.91 Å². The first-order valence-electron chi connectivity index (χ1n) is 17.4. The van der Waals surface area contributed by atoms with Crippen LogP contribution in [0.5, 0.6) is 11.5 Å². The molecule has 2 N–H and O–H groups in total. The Hall–Kier alpha value is -4.29. The smallest absolute Gasteiger partial charge is 0.332 e. The Kier molecular flexibility index (Phi) is 10.6. The predicted molar refractivity (Wildman–Crippen MR) is 191 cm³/mol. The number of unbranched alkanes of at least 4 members (excludes halogenated alkanes) is 3. The number of nitrogens with zero attached hydrogens (tertiary/aromatic N) is 3. The van der Waals surface area contributed by atoms with E-state index in [1.54, 1.807) is 24.5 Å². The number of benzene rings is 1. The molecule has 2 amide bonds. The zero-order valence-electron chi connectivity index (χ0n) is 29.0. The molecule has 3 aromatic rings. The maximum atomic E-state index is 14.0. The van der Waals surface area contributed by atoms with Gasteiger partial charge >= 0.3 is 5.97 Å². The summed E-state index contributed by atoms with van der Waals surface area (Å²) in [4.78, 5) is 51.8. The number of aryl methyl sites for hydroxylation is 1. The predicted octanol–water partition coefficient (Wildman–Crippen LogP) is 5.63. The molecule has 1 aromatic carbocycles. The summed E-state index contributed by atoms with van der Waals surface area (Å²) < 4.78 is 17.3. The average molecular weight is 703 g/mol. The van der Waals surface area contributed by atoms with Gasteiger partial charge in [-0.05, 0) is 57.6 Å². The average Bonchev–Trinajstić information content (AvgIpc) is 4.00. The number of hydrogen-bond acceptors (Lipinski definition) is 10. The van der Waals surface area contributed by atoms with E-state index in [1.165, 1.54) is 12.0 Å². The van der Waals surface area contributed by atoms with Crippen molar-refractivity contribution in [3.8, 4) is 22.2 Å². The van der Waals surface area contributed by atoms with Crippen LogP contribution in [-0.4, -0.2) is 82.3 Å². The monoisotopic (exact) mass is 702 g/mol. The van der Waals surface area contributed by atoms with E-state index in [-0.39, 0.29) is 25.3 Å². The minimum atomic E-state index is -1.28. The van der Waals surface area contributed by atoms with Crippen LogP contribution in [-0.2, 0) is 19.1 Å². The minimum absolute atomic E-state index is 0.0674. The van der Waals surface area contributed by atoms with Crippen LogP contribution in [0.3, 0.4) is 0 Å². The molecule has 5 atom stereocenters. The summed E-state index contributed by atoms with van der Waals surface area (Å²) in [7, 11) is 2.89. The lowest BCUT2D eigenvalue weighted by Crippen LogP contribution is -2.54. The fourth-order valence-corrected chi connectivity index (χ4v) is 7.80. The molecule has 266 valence electrons. The van der Waals surface area contributed by atoms with Gasteiger partial charge in [0.15, 0.2) is 0 Å². The number of ether oxygens (including phenoxy) is 3. The van der Waals surface area contributed by atoms with Gasteiger partial charge in [-0.3, -0.25) is 9.59 Å². The number of aromatic nitrogens is 2. The van der Waals surface area contributed by atoms with E-state index in [0.717, 1.165) is 53.8 Å². The highest BCUT2D eigenvalue weighted by molar-refractivity contribution is 7.13. The fraction of sp³-hybridized carbons (Fsp3) is 0.500. The lowest BCUT2D eigenvalue weighted by atomic mass is 10.1. The molecule has 3 aliphatic rings. The van der Waals surface area contributed by atoms with E-state index >= 15 is 0 Å². The number of hydrogen-bond donors (Lipinski definition) is 2. The summed E-state index contributed by atoms with van der Waals surface area (Å²) in [5.74, 6) is -0.163. The third kappa shape index (κ3) is 7.14. The van der Waals surface area contributed by atoms with Gasteiger partial charge in [0, 0.05) is 40.7 Å². The first kappa shape index (κ1) is 35.5. The molecule has 1 aliphatic heterocycles. The Balaban J connectivity index is 1.29. The number of thiazole rings is 1. The minimum Gasteiger partial charge on any atom is -0.496 e. The van der Waals surface area contributed by atoms with Crippen LogP contribution < -0.4 is 14.8 Å². The van der Waals surface area contributed by atoms with Crippen LogP contribution in [0.4, 0.5) is 0 Å². The lowest BCUT2D eigenvalue weighted by Gasteiger charge is -2.27. The van der Waals surface area contributed by atoms with Crippen molar-refractivity contribution in [2.45, 2.75) is 94.4 Å². The largest absolute Gasteiger partial charge is 0.496 e. The second-order valence-corrected chi connectivity index (χ2v) is 14.4. The van der Waals surface area contributed by atoms with Crippen molar-refractivity contribution in [3.63, 3.8) is 0 Å². The standard InChI is InChI=1S/C38H46N4O7S/c1-6-8-9-10-11-12-30(43)36(45)42-20-25(17-29(42)34(44)41-38(37(46)48-5)19-24(38)7-2)49-32-18-27(35-40-28(21-50-35)23-13-14-23)39-33-22(3)31(47-4)16-15-26(32)33/h6-7,15-16,18,21,23-25,29-30,43H,1-2,8-14,17,19-20H2,3-5H3,(H,41,44)/t24-,25?,29+,30?,38?/m1/s1. The van der Waals surface area contributed by atoms with E-state index in [1.807, 2.05) is 31.2 Å². The third-order valence-electron chi connectivity index (χ3n) is 10.1. The van der Waals surface area contributed by atoms with Crippen molar-refractivity contribution >= 4 is 40.0 Å². The van der Waals surface area contributed by atoms with E-state index in [4.69, 9.17) is 24.2 Å². The second-order valence-electron chi connectivity index (χ2n) is 13.6. The Bertz CT molecular complexity index is 1790. The maximum absolute atomic E-state index is 14.0. The number of aliphatic hydroxyl groups is 1. The molecule has 0 radical (unpaired) electrons. The van der Waals surface area contributed by atoms with Crippen LogP contribution >= 0.6 is 11.3 Å². The number of amides is 2. The van der Waals surface area contributed by atoms with Crippen LogP contribution in [0.15, 0.2) is 48.9 Å². The molecule has 11 nitrogen and oxygen atoms in total. The molecule has 3 heterocycles. The number of methoxy groups -OCH3 is 2. The first-order valence-corrected chi connectivity index (χ1v) is 18.2. The van der Waals surface area contributed by atoms with Crippen molar-refractivity contribution in [2.24, 2.45) is 5.92 Å². The van der Waals surface area contributed by atoms with Crippen LogP contribution in [0.2, 0.25) is 0 Å². The van der Waals surface area contributed by atoms with E-state index < -0.39 is 41.6 Å². The van der Waals surface area contributed by atoms with Crippen LogP contribution in [0.25, 0.3) is 21.6 Å². The number of fused-ring (bicyclic) bond motifs is 1. The second kappa shape index (κ2) is 14.9. The topological polar surface area (TPSA) is 140 Å². The molecule has 3 fully saturated rings. The maximum Gasteiger partial charge on any atom is 0.332 e. The zero-order chi connectivity index (χ0) is 35.6. The summed E-state index contributed by atoms with van der Waals surface area (Å²) in [6.45, 7) is 9.55. The van der Waals surface area contributed by atoms with Gasteiger partial charge in [0.05, 0.1) is 32.0 Å². The number of esters is 1. The molecule has 1 saturated heterocycles. The zero-order valence-corrected chi connectivity index (χ0v) is 29.8. The highest BCUT2D eigenvalue weighted by Gasteiger charge is 2.62. The summed E-state index contributed by atoms with van der Waals surface area (Å²) in [6.07, 6.45) is 7.95. The third-order valence-corrected chi connectivity index (χ3v) is 11.0. The summed E-state index contributed by atoms with van der Waals surface area (Å²) in [6, 6.07) is 4.65. The molecule has 50 heavy (non-hydrogen) atoms. The van der Waals surface area contributed by atoms with Crippen LogP contribution in [0, 0.1) is 12.8 Å². The Morgan fingerprint density at radius 3 is 2.64 bits per heavy atom. The normalized spacial score (nSPS) is 23.3. The molecule has 0 bridgehead atoms. The lowest BCUT2D eigenvalue weighted by molar-refractivity contribution is -0.149. The Morgan fingerprint density at radius 2 is 1.96 bits per heavy atom. The van der Waals surface area contributed by atoms with Gasteiger partial charge in [-0.2, -0.15) is 0 Å². The Morgan fingerprint density at radius 1 is 1.16 bits per heavy atom. The highest BCUT2D eigenvalue weighted by Crippen LogP contribution is 2.46. The van der Waals surface area contributed by atoms with Gasteiger partial charge < -0.3 is 29.5 Å². The number of aliphatic hydroxyl groups excluding tert-OH is 1. The quantitative estimate of drug-likeness (QED) is 0.110. The number of rotatable bonds is 16. The van der Waals surface area contributed by atoms with E-state index in [9.17, 15) is 19.5 Å². The molecule has 12 heteroatoms. The SMILES string of the molecule is C=CCCCCCC(O)C(=O)N1CC(Oc2cc(-c3nc(C4CC4)cs3)nc3c(C)c(OC)ccc23)C[C@H]1C(=O)NC1(C(=O)OC)C[C@H]1C=C. The number of pyridine rings is 1. The van der Waals surface area contributed by atoms with Gasteiger partial charge in [0.25, 0.3) is 5.91 Å². The molecule has 2 aliphatic carbocycles.